The molecule has 0 saturated carbocycles. The smallest absolute Gasteiger partial charge is 0.266 e. The van der Waals surface area contributed by atoms with E-state index in [0.29, 0.717) is 5.39 Å². The first kappa shape index (κ1) is 16.4. The van der Waals surface area contributed by atoms with Crippen LogP contribution in [0.5, 0.6) is 0 Å². The van der Waals surface area contributed by atoms with Crippen molar-refractivity contribution in [1.29, 1.82) is 0 Å². The van der Waals surface area contributed by atoms with Crippen LogP contribution in [0.4, 0.5) is 0 Å². The minimum Gasteiger partial charge on any atom is -0.308 e. The van der Waals surface area contributed by atoms with Gasteiger partial charge in [0.2, 0.25) is 0 Å². The van der Waals surface area contributed by atoms with Crippen molar-refractivity contribution >= 4 is 10.9 Å². The van der Waals surface area contributed by atoms with Crippen molar-refractivity contribution in [1.82, 2.24) is 14.9 Å². The molecule has 3 aromatic rings. The van der Waals surface area contributed by atoms with E-state index in [1.807, 2.05) is 55.5 Å². The third kappa shape index (κ3) is 2.97. The zero-order valence-corrected chi connectivity index (χ0v) is 14.4. The van der Waals surface area contributed by atoms with Gasteiger partial charge in [0.25, 0.3) is 5.56 Å². The molecule has 0 spiro atoms. The lowest BCUT2D eigenvalue weighted by molar-refractivity contribution is 0.498. The molecule has 0 saturated heterocycles. The van der Waals surface area contributed by atoms with Crippen LogP contribution < -0.4 is 10.9 Å². The molecule has 3 rings (SSSR count). The molecule has 4 nitrogen and oxygen atoms in total. The summed E-state index contributed by atoms with van der Waals surface area (Å²) in [6.45, 7) is 7.04. The van der Waals surface area contributed by atoms with Crippen LogP contribution in [0.3, 0.4) is 0 Å². The summed E-state index contributed by atoms with van der Waals surface area (Å²) in [6.07, 6.45) is 0.866. The molecule has 0 fully saturated rings. The Morgan fingerprint density at radius 2 is 1.92 bits per heavy atom. The Bertz CT molecular complexity index is 914. The van der Waals surface area contributed by atoms with Crippen LogP contribution in [0.25, 0.3) is 16.6 Å². The van der Waals surface area contributed by atoms with Crippen molar-refractivity contribution in [3.63, 3.8) is 0 Å². The number of nitrogens with zero attached hydrogens (tertiary/aromatic N) is 2. The lowest BCUT2D eigenvalue weighted by atomic mass is 10.1. The quantitative estimate of drug-likeness (QED) is 0.778. The van der Waals surface area contributed by atoms with Gasteiger partial charge in [-0.15, -0.1) is 0 Å². The third-order valence-corrected chi connectivity index (χ3v) is 4.23. The van der Waals surface area contributed by atoms with Gasteiger partial charge in [0.15, 0.2) is 0 Å². The Morgan fingerprint density at radius 1 is 1.12 bits per heavy atom. The number of fused-ring (bicyclic) bond motifs is 1. The van der Waals surface area contributed by atoms with Gasteiger partial charge < -0.3 is 5.32 Å². The second-order valence-electron chi connectivity index (χ2n) is 5.99. The van der Waals surface area contributed by atoms with Crippen molar-refractivity contribution in [2.45, 2.75) is 33.2 Å². The molecule has 2 aromatic carbocycles. The predicted molar refractivity (Wildman–Crippen MR) is 98.8 cm³/mol. The summed E-state index contributed by atoms with van der Waals surface area (Å²) >= 11 is 0. The van der Waals surface area contributed by atoms with Gasteiger partial charge in [-0.1, -0.05) is 38.1 Å². The maximum absolute atomic E-state index is 13.2. The summed E-state index contributed by atoms with van der Waals surface area (Å²) in [4.78, 5) is 18.0. The van der Waals surface area contributed by atoms with E-state index >= 15 is 0 Å². The van der Waals surface area contributed by atoms with Crippen molar-refractivity contribution in [3.8, 4) is 5.69 Å². The van der Waals surface area contributed by atoms with Gasteiger partial charge in [-0.25, -0.2) is 4.98 Å². The highest BCUT2D eigenvalue weighted by Gasteiger charge is 2.19. The van der Waals surface area contributed by atoms with Gasteiger partial charge >= 0.3 is 0 Å². The highest BCUT2D eigenvalue weighted by atomic mass is 16.1. The van der Waals surface area contributed by atoms with Gasteiger partial charge in [-0.3, -0.25) is 9.36 Å². The van der Waals surface area contributed by atoms with Crippen LogP contribution in [0.15, 0.2) is 53.3 Å². The van der Waals surface area contributed by atoms with Gasteiger partial charge in [-0.05, 0) is 49.7 Å². The Kier molecular flexibility index (Phi) is 4.76. The Balaban J connectivity index is 2.35. The van der Waals surface area contributed by atoms with Gasteiger partial charge in [-0.2, -0.15) is 0 Å². The zero-order valence-electron chi connectivity index (χ0n) is 14.4. The number of benzene rings is 2. The van der Waals surface area contributed by atoms with Gasteiger partial charge in [0.05, 0.1) is 22.6 Å². The van der Waals surface area contributed by atoms with Gasteiger partial charge in [0, 0.05) is 0 Å². The SMILES string of the molecule is CCN[C@@H](CC)c1nc2ccccc2c(=O)n1-c1cccc(C)c1. The van der Waals surface area contributed by atoms with E-state index in [0.717, 1.165) is 35.6 Å². The summed E-state index contributed by atoms with van der Waals surface area (Å²) in [7, 11) is 0. The molecule has 1 aromatic heterocycles. The fourth-order valence-electron chi connectivity index (χ4n) is 3.06. The van der Waals surface area contributed by atoms with Crippen LogP contribution in [-0.4, -0.2) is 16.1 Å². The normalized spacial score (nSPS) is 12.5. The molecular weight excluding hydrogens is 298 g/mol. The van der Waals surface area contributed by atoms with E-state index < -0.39 is 0 Å². The molecule has 0 radical (unpaired) electrons. The number of hydrogen-bond acceptors (Lipinski definition) is 3. The Hall–Kier alpha value is -2.46. The maximum atomic E-state index is 13.2. The van der Waals surface area contributed by atoms with E-state index in [1.54, 1.807) is 4.57 Å². The molecule has 0 unspecified atom stereocenters. The average molecular weight is 321 g/mol. The second kappa shape index (κ2) is 6.97. The van der Waals surface area contributed by atoms with Crippen molar-refractivity contribution in [2.75, 3.05) is 6.54 Å². The lowest BCUT2D eigenvalue weighted by Gasteiger charge is -2.21. The molecule has 1 N–H and O–H groups in total. The summed E-state index contributed by atoms with van der Waals surface area (Å²) < 4.78 is 1.76. The number of rotatable bonds is 5. The molecule has 0 bridgehead atoms. The molecule has 1 heterocycles. The standard InChI is InChI=1S/C20H23N3O/c1-4-17(21-5-2)19-22-18-12-7-6-11-16(18)20(24)23(19)15-10-8-9-14(3)13-15/h6-13,17,21H,4-5H2,1-3H3/t17-/m0/s1. The topological polar surface area (TPSA) is 46.9 Å². The van der Waals surface area contributed by atoms with E-state index in [1.165, 1.54) is 0 Å². The molecule has 0 aliphatic heterocycles. The van der Waals surface area contributed by atoms with Crippen LogP contribution >= 0.6 is 0 Å². The molecule has 0 aliphatic rings. The Morgan fingerprint density at radius 3 is 2.62 bits per heavy atom. The van der Waals surface area contributed by atoms with Crippen LogP contribution in [0.2, 0.25) is 0 Å². The monoisotopic (exact) mass is 321 g/mol. The number of hydrogen-bond donors (Lipinski definition) is 1. The van der Waals surface area contributed by atoms with Crippen LogP contribution in [0, 0.1) is 6.92 Å². The van der Waals surface area contributed by atoms with Crippen molar-refractivity contribution in [3.05, 3.63) is 70.3 Å². The molecule has 24 heavy (non-hydrogen) atoms. The van der Waals surface area contributed by atoms with Crippen molar-refractivity contribution < 1.29 is 0 Å². The lowest BCUT2D eigenvalue weighted by Crippen LogP contribution is -2.31. The fourth-order valence-corrected chi connectivity index (χ4v) is 3.06. The summed E-state index contributed by atoms with van der Waals surface area (Å²) in [5.41, 5.74) is 2.72. The number of aromatic nitrogens is 2. The van der Waals surface area contributed by atoms with E-state index in [-0.39, 0.29) is 11.6 Å². The molecular formula is C20H23N3O. The molecule has 124 valence electrons. The largest absolute Gasteiger partial charge is 0.308 e. The van der Waals surface area contributed by atoms with E-state index in [9.17, 15) is 4.79 Å². The average Bonchev–Trinajstić information content (AvgIpc) is 2.59. The minimum atomic E-state index is -0.0162. The second-order valence-corrected chi connectivity index (χ2v) is 5.99. The third-order valence-electron chi connectivity index (χ3n) is 4.23. The first-order chi connectivity index (χ1) is 11.7. The van der Waals surface area contributed by atoms with Crippen LogP contribution in [0.1, 0.15) is 37.7 Å². The number of aryl methyl sites for hydroxylation is 1. The highest BCUT2D eigenvalue weighted by molar-refractivity contribution is 5.77. The van der Waals surface area contributed by atoms with E-state index in [4.69, 9.17) is 4.98 Å². The molecule has 1 atom stereocenters. The molecule has 0 amide bonds. The highest BCUT2D eigenvalue weighted by Crippen LogP contribution is 2.20. The van der Waals surface area contributed by atoms with Crippen molar-refractivity contribution in [2.24, 2.45) is 0 Å². The zero-order chi connectivity index (χ0) is 17.1. The van der Waals surface area contributed by atoms with Crippen LogP contribution in [-0.2, 0) is 0 Å². The predicted octanol–water partition coefficient (Wildman–Crippen LogP) is 3.75. The minimum absolute atomic E-state index is 0.0162. The first-order valence-electron chi connectivity index (χ1n) is 8.47. The number of para-hydroxylation sites is 1. The number of nitrogens with one attached hydrogen (secondary N) is 1. The van der Waals surface area contributed by atoms with E-state index in [2.05, 4.69) is 19.2 Å². The molecule has 4 heteroatoms. The first-order valence-corrected chi connectivity index (χ1v) is 8.47. The maximum Gasteiger partial charge on any atom is 0.266 e. The summed E-state index contributed by atoms with van der Waals surface area (Å²) in [6, 6.07) is 15.6. The summed E-state index contributed by atoms with van der Waals surface area (Å²) in [5, 5.41) is 4.09. The molecule has 0 aliphatic carbocycles. The summed E-state index contributed by atoms with van der Waals surface area (Å²) in [5.74, 6) is 0.772. The Labute approximate surface area is 142 Å². The fraction of sp³-hybridized carbons (Fsp3) is 0.300. The van der Waals surface area contributed by atoms with Gasteiger partial charge in [0.1, 0.15) is 5.82 Å².